The van der Waals surface area contributed by atoms with Crippen molar-refractivity contribution in [3.8, 4) is 5.69 Å². The monoisotopic (exact) mass is 374 g/mol. The van der Waals surface area contributed by atoms with Gasteiger partial charge in [0.05, 0.1) is 12.0 Å². The Labute approximate surface area is 157 Å². The summed E-state index contributed by atoms with van der Waals surface area (Å²) in [5, 5.41) is 0.706. The van der Waals surface area contributed by atoms with Crippen molar-refractivity contribution in [1.82, 2.24) is 28.9 Å². The minimum Gasteiger partial charge on any atom is -0.311 e. The second kappa shape index (κ2) is 6.40. The first-order chi connectivity index (χ1) is 13.3. The molecule has 0 radical (unpaired) electrons. The van der Waals surface area contributed by atoms with Gasteiger partial charge >= 0.3 is 0 Å². The van der Waals surface area contributed by atoms with E-state index in [0.29, 0.717) is 22.1 Å². The summed E-state index contributed by atoms with van der Waals surface area (Å²) in [4.78, 5) is 28.3. The van der Waals surface area contributed by atoms with E-state index in [1.807, 2.05) is 69.9 Å². The van der Waals surface area contributed by atoms with Gasteiger partial charge in [-0.15, -0.1) is 0 Å². The Morgan fingerprint density at radius 2 is 1.89 bits per heavy atom. The highest BCUT2D eigenvalue weighted by atomic mass is 32.2. The lowest BCUT2D eigenvalue weighted by atomic mass is 10.3. The molecule has 0 spiro atoms. The normalized spacial score (nSPS) is 11.4. The quantitative estimate of drug-likeness (QED) is 0.489. The van der Waals surface area contributed by atoms with Gasteiger partial charge in [0.2, 0.25) is 0 Å². The van der Waals surface area contributed by atoms with Gasteiger partial charge in [0.1, 0.15) is 5.65 Å². The Kier molecular flexibility index (Phi) is 3.75. The van der Waals surface area contributed by atoms with Gasteiger partial charge in [-0.3, -0.25) is 9.36 Å². The van der Waals surface area contributed by atoms with Crippen LogP contribution in [0.1, 0.15) is 5.69 Å². The van der Waals surface area contributed by atoms with E-state index in [0.717, 1.165) is 17.0 Å². The number of fused-ring (bicyclic) bond motifs is 2. The SMILES string of the molecule is O=c1[nH]cnc2c1nc(SCc1cn3ccccc3n1)n2-c1ccccc1. The highest BCUT2D eigenvalue weighted by Crippen LogP contribution is 2.27. The molecule has 1 aromatic carbocycles. The molecular formula is C19H14N6OS. The number of aromatic amines is 1. The molecule has 1 N–H and O–H groups in total. The fraction of sp³-hybridized carbons (Fsp3) is 0.0526. The minimum absolute atomic E-state index is 0.246. The molecule has 0 aliphatic carbocycles. The average molecular weight is 374 g/mol. The highest BCUT2D eigenvalue weighted by molar-refractivity contribution is 7.98. The van der Waals surface area contributed by atoms with Crippen LogP contribution in [0.4, 0.5) is 0 Å². The zero-order chi connectivity index (χ0) is 18.2. The molecule has 0 amide bonds. The molecule has 0 unspecified atom stereocenters. The maximum Gasteiger partial charge on any atom is 0.278 e. The van der Waals surface area contributed by atoms with Crippen molar-refractivity contribution >= 4 is 28.6 Å². The lowest BCUT2D eigenvalue weighted by Gasteiger charge is -2.07. The highest BCUT2D eigenvalue weighted by Gasteiger charge is 2.17. The van der Waals surface area contributed by atoms with Crippen LogP contribution in [0.2, 0.25) is 0 Å². The standard InChI is InChI=1S/C19H14N6OS/c26-18-16-17(20-12-21-18)25(14-6-2-1-3-7-14)19(23-16)27-11-13-10-24-9-5-4-8-15(24)22-13/h1-10,12H,11H2,(H,20,21,26). The number of hydrogen-bond donors (Lipinski definition) is 1. The molecular weight excluding hydrogens is 360 g/mol. The van der Waals surface area contributed by atoms with Crippen molar-refractivity contribution in [1.29, 1.82) is 0 Å². The number of rotatable bonds is 4. The van der Waals surface area contributed by atoms with Gasteiger partial charge in [0.15, 0.2) is 16.3 Å². The van der Waals surface area contributed by atoms with E-state index in [1.54, 1.807) is 0 Å². The van der Waals surface area contributed by atoms with Crippen molar-refractivity contribution in [2.45, 2.75) is 10.9 Å². The maximum atomic E-state index is 12.2. The predicted molar refractivity (Wildman–Crippen MR) is 104 cm³/mol. The summed E-state index contributed by atoms with van der Waals surface area (Å²) in [7, 11) is 0. The number of aromatic nitrogens is 6. The summed E-state index contributed by atoms with van der Waals surface area (Å²) < 4.78 is 3.90. The third kappa shape index (κ3) is 2.80. The van der Waals surface area contributed by atoms with Crippen LogP contribution >= 0.6 is 11.8 Å². The summed E-state index contributed by atoms with van der Waals surface area (Å²) >= 11 is 1.53. The van der Waals surface area contributed by atoms with Crippen LogP contribution in [0, 0.1) is 0 Å². The number of hydrogen-bond acceptors (Lipinski definition) is 5. The van der Waals surface area contributed by atoms with E-state index in [9.17, 15) is 4.79 Å². The Balaban J connectivity index is 1.57. The fourth-order valence-corrected chi connectivity index (χ4v) is 3.88. The van der Waals surface area contributed by atoms with Crippen molar-refractivity contribution < 1.29 is 0 Å². The fourth-order valence-electron chi connectivity index (χ4n) is 2.99. The molecule has 4 aromatic heterocycles. The van der Waals surface area contributed by atoms with E-state index in [4.69, 9.17) is 0 Å². The summed E-state index contributed by atoms with van der Waals surface area (Å²) in [5.41, 5.74) is 3.39. The van der Waals surface area contributed by atoms with Crippen molar-refractivity contribution in [3.05, 3.63) is 83.3 Å². The second-order valence-corrected chi connectivity index (χ2v) is 6.90. The molecule has 8 heteroatoms. The van der Waals surface area contributed by atoms with Gasteiger partial charge in [0, 0.05) is 23.8 Å². The molecule has 0 atom stereocenters. The van der Waals surface area contributed by atoms with Gasteiger partial charge in [-0.05, 0) is 24.3 Å². The number of nitrogens with zero attached hydrogens (tertiary/aromatic N) is 5. The first kappa shape index (κ1) is 15.8. The lowest BCUT2D eigenvalue weighted by molar-refractivity contribution is 0.907. The largest absolute Gasteiger partial charge is 0.311 e. The Bertz CT molecular complexity index is 1270. The Morgan fingerprint density at radius 3 is 2.74 bits per heavy atom. The van der Waals surface area contributed by atoms with Gasteiger partial charge in [-0.2, -0.15) is 0 Å². The summed E-state index contributed by atoms with van der Waals surface area (Å²) in [5.74, 6) is 0.635. The molecule has 0 bridgehead atoms. The molecule has 0 fully saturated rings. The number of imidazole rings is 2. The van der Waals surface area contributed by atoms with Crippen LogP contribution < -0.4 is 5.56 Å². The number of pyridine rings is 1. The van der Waals surface area contributed by atoms with E-state index in [-0.39, 0.29) is 5.56 Å². The van der Waals surface area contributed by atoms with Crippen molar-refractivity contribution in [2.75, 3.05) is 0 Å². The minimum atomic E-state index is -0.246. The number of H-pyrrole nitrogens is 1. The summed E-state index contributed by atoms with van der Waals surface area (Å²) in [6.07, 6.45) is 5.38. The van der Waals surface area contributed by atoms with Gasteiger partial charge < -0.3 is 9.38 Å². The molecule has 0 saturated heterocycles. The zero-order valence-corrected chi connectivity index (χ0v) is 14.9. The number of thioether (sulfide) groups is 1. The van der Waals surface area contributed by atoms with Crippen LogP contribution in [0.25, 0.3) is 22.5 Å². The molecule has 132 valence electrons. The number of para-hydroxylation sites is 1. The molecule has 4 heterocycles. The summed E-state index contributed by atoms with van der Waals surface area (Å²) in [6.45, 7) is 0. The third-order valence-electron chi connectivity index (χ3n) is 4.20. The van der Waals surface area contributed by atoms with Crippen LogP contribution in [0.15, 0.2) is 77.2 Å². The molecule has 0 saturated carbocycles. The Morgan fingerprint density at radius 1 is 1.04 bits per heavy atom. The number of nitrogens with one attached hydrogen (secondary N) is 1. The zero-order valence-electron chi connectivity index (χ0n) is 14.1. The molecule has 0 aliphatic heterocycles. The van der Waals surface area contributed by atoms with Crippen molar-refractivity contribution in [3.63, 3.8) is 0 Å². The molecule has 5 aromatic rings. The van der Waals surface area contributed by atoms with Crippen LogP contribution in [-0.2, 0) is 5.75 Å². The van der Waals surface area contributed by atoms with Crippen LogP contribution in [0.5, 0.6) is 0 Å². The van der Waals surface area contributed by atoms with E-state index >= 15 is 0 Å². The molecule has 5 rings (SSSR count). The molecule has 7 nitrogen and oxygen atoms in total. The van der Waals surface area contributed by atoms with Gasteiger partial charge in [-0.25, -0.2) is 15.0 Å². The van der Waals surface area contributed by atoms with Gasteiger partial charge in [-0.1, -0.05) is 36.0 Å². The lowest BCUT2D eigenvalue weighted by Crippen LogP contribution is -2.07. The first-order valence-electron chi connectivity index (χ1n) is 8.36. The maximum absolute atomic E-state index is 12.2. The van der Waals surface area contributed by atoms with Crippen LogP contribution in [-0.4, -0.2) is 28.9 Å². The van der Waals surface area contributed by atoms with E-state index in [1.165, 1.54) is 18.1 Å². The van der Waals surface area contributed by atoms with Crippen molar-refractivity contribution in [2.24, 2.45) is 0 Å². The predicted octanol–water partition coefficient (Wildman–Crippen LogP) is 3.05. The smallest absolute Gasteiger partial charge is 0.278 e. The first-order valence-corrected chi connectivity index (χ1v) is 9.35. The average Bonchev–Trinajstić information content (AvgIpc) is 3.28. The summed E-state index contributed by atoms with van der Waals surface area (Å²) in [6, 6.07) is 15.7. The molecule has 0 aliphatic rings. The van der Waals surface area contributed by atoms with Gasteiger partial charge in [0.25, 0.3) is 5.56 Å². The van der Waals surface area contributed by atoms with E-state index in [2.05, 4.69) is 19.9 Å². The second-order valence-electron chi connectivity index (χ2n) is 5.96. The van der Waals surface area contributed by atoms with Crippen LogP contribution in [0.3, 0.4) is 0 Å². The number of benzene rings is 1. The molecule has 27 heavy (non-hydrogen) atoms. The topological polar surface area (TPSA) is 80.9 Å². The van der Waals surface area contributed by atoms with E-state index < -0.39 is 0 Å². The third-order valence-corrected chi connectivity index (χ3v) is 5.17. The Hall–Kier alpha value is -3.39.